The topological polar surface area (TPSA) is 160 Å². The number of hydrogen-bond acceptors (Lipinski definition) is 6. The number of amides is 1. The Morgan fingerprint density at radius 1 is 1.06 bits per heavy atom. The molecule has 0 unspecified atom stereocenters. The number of halogens is 2. The van der Waals surface area contributed by atoms with Gasteiger partial charge in [-0.25, -0.2) is 13.4 Å². The molecule has 1 amide bonds. The van der Waals surface area contributed by atoms with Gasteiger partial charge in [0.15, 0.2) is 21.6 Å². The van der Waals surface area contributed by atoms with Crippen LogP contribution in [0.15, 0.2) is 71.1 Å². The lowest BCUT2D eigenvalue weighted by atomic mass is 10.1. The minimum Gasteiger partial charge on any atom is -0.456 e. The number of nitrogens with zero attached hydrogens (tertiary/aromatic N) is 3. The van der Waals surface area contributed by atoms with E-state index >= 15 is 0 Å². The molecule has 0 aliphatic heterocycles. The van der Waals surface area contributed by atoms with Crippen molar-refractivity contribution >= 4 is 52.3 Å². The Labute approximate surface area is 202 Å². The summed E-state index contributed by atoms with van der Waals surface area (Å²) in [7, 11) is -3.74. The third kappa shape index (κ3) is 7.31. The van der Waals surface area contributed by atoms with Gasteiger partial charge in [-0.15, -0.1) is 24.8 Å². The van der Waals surface area contributed by atoms with E-state index in [1.807, 2.05) is 0 Å². The van der Waals surface area contributed by atoms with E-state index in [0.717, 1.165) is 12.3 Å². The van der Waals surface area contributed by atoms with Gasteiger partial charge in [-0.05, 0) is 42.5 Å². The molecular weight excluding hydrogens is 493 g/mol. The summed E-state index contributed by atoms with van der Waals surface area (Å²) >= 11 is 0. The Morgan fingerprint density at radius 2 is 1.70 bits per heavy atom. The Hall–Kier alpha value is -3.41. The van der Waals surface area contributed by atoms with Crippen molar-refractivity contribution in [2.45, 2.75) is 11.4 Å². The molecule has 0 aliphatic rings. The molecule has 0 bridgehead atoms. The van der Waals surface area contributed by atoms with Crippen molar-refractivity contribution in [3.05, 3.63) is 72.3 Å². The number of carbonyl (C=O) groups excluding carboxylic acids is 2. The van der Waals surface area contributed by atoms with E-state index in [2.05, 4.69) is 9.98 Å². The molecule has 0 aliphatic carbocycles. The van der Waals surface area contributed by atoms with Gasteiger partial charge in [-0.3, -0.25) is 9.59 Å². The first-order valence-electron chi connectivity index (χ1n) is 8.88. The fourth-order valence-electron chi connectivity index (χ4n) is 2.67. The number of hydrogen-bond donors (Lipinski definition) is 2. The molecule has 0 atom stereocenters. The molecule has 13 heteroatoms. The molecule has 1 aromatic heterocycles. The number of Topliss-reactive ketones (excluding diaryl/α,β-unsaturated/α-hetero) is 1. The second-order valence-corrected chi connectivity index (χ2v) is 8.54. The highest BCUT2D eigenvalue weighted by Gasteiger charge is 2.19. The van der Waals surface area contributed by atoms with E-state index in [0.29, 0.717) is 11.3 Å². The molecule has 0 spiro atoms. The van der Waals surface area contributed by atoms with E-state index in [-0.39, 0.29) is 53.4 Å². The highest BCUT2D eigenvalue weighted by molar-refractivity contribution is 7.90. The summed E-state index contributed by atoms with van der Waals surface area (Å²) in [4.78, 5) is 31.4. The first kappa shape index (κ1) is 27.6. The lowest BCUT2D eigenvalue weighted by Crippen LogP contribution is -2.24. The predicted octanol–water partition coefficient (Wildman–Crippen LogP) is 2.22. The van der Waals surface area contributed by atoms with Gasteiger partial charge in [0, 0.05) is 29.8 Å². The molecular formula is C20H21Cl2N5O5S. The lowest BCUT2D eigenvalue weighted by Gasteiger charge is -2.11. The van der Waals surface area contributed by atoms with Crippen LogP contribution >= 0.6 is 24.8 Å². The summed E-state index contributed by atoms with van der Waals surface area (Å²) < 4.78 is 31.8. The second-order valence-electron chi connectivity index (χ2n) is 6.56. The van der Waals surface area contributed by atoms with Gasteiger partial charge in [0.1, 0.15) is 16.4 Å². The molecule has 0 saturated heterocycles. The maximum Gasteiger partial charge on any atom is 0.280 e. The van der Waals surface area contributed by atoms with Crippen LogP contribution in [0, 0.1) is 0 Å². The lowest BCUT2D eigenvalue weighted by molar-refractivity contribution is 0.0970. The van der Waals surface area contributed by atoms with Gasteiger partial charge < -0.3 is 20.8 Å². The number of aliphatic imine (C=N–C) groups is 1. The number of rotatable bonds is 7. The summed E-state index contributed by atoms with van der Waals surface area (Å²) in [5, 5.41) is 0. The molecule has 3 aromatic rings. The fourth-order valence-corrected chi connectivity index (χ4v) is 3.49. The van der Waals surface area contributed by atoms with Crippen LogP contribution in [-0.2, 0) is 16.4 Å². The van der Waals surface area contributed by atoms with Crippen LogP contribution in [0.1, 0.15) is 20.7 Å². The zero-order valence-corrected chi connectivity index (χ0v) is 19.7. The fraction of sp³-hybridized carbons (Fsp3) is 0.100. The Bertz CT molecular complexity index is 1260. The van der Waals surface area contributed by atoms with Gasteiger partial charge in [-0.2, -0.15) is 4.99 Å². The number of imidazole rings is 1. The minimum absolute atomic E-state index is 0. The molecule has 1 heterocycles. The third-order valence-corrected chi connectivity index (χ3v) is 5.23. The summed E-state index contributed by atoms with van der Waals surface area (Å²) in [5.41, 5.74) is 10.8. The van der Waals surface area contributed by atoms with Crippen LogP contribution < -0.4 is 16.2 Å². The molecule has 4 N–H and O–H groups in total. The highest BCUT2D eigenvalue weighted by atomic mass is 35.5. The smallest absolute Gasteiger partial charge is 0.280 e. The summed E-state index contributed by atoms with van der Waals surface area (Å²) in [6, 6.07) is 10.1. The molecule has 0 fully saturated rings. The SMILES string of the molecule is CS(=O)(=O)c1cc(C(=O)N=C(N)N)ccc1Oc1ccc(C(=O)Cn2ccnc2)cc1.Cl.Cl. The van der Waals surface area contributed by atoms with E-state index in [1.54, 1.807) is 47.6 Å². The number of aromatic nitrogens is 2. The zero-order chi connectivity index (χ0) is 22.6. The first-order valence-corrected chi connectivity index (χ1v) is 10.8. The first-order chi connectivity index (χ1) is 14.6. The quantitative estimate of drug-likeness (QED) is 0.276. The Morgan fingerprint density at radius 3 is 2.24 bits per heavy atom. The van der Waals surface area contributed by atoms with Gasteiger partial charge in [0.25, 0.3) is 5.91 Å². The number of benzene rings is 2. The third-order valence-electron chi connectivity index (χ3n) is 4.11. The van der Waals surface area contributed by atoms with Crippen molar-refractivity contribution in [1.29, 1.82) is 0 Å². The maximum atomic E-state index is 12.3. The van der Waals surface area contributed by atoms with Gasteiger partial charge in [-0.1, -0.05) is 0 Å². The van der Waals surface area contributed by atoms with E-state index in [4.69, 9.17) is 16.2 Å². The van der Waals surface area contributed by atoms with Crippen LogP contribution in [0.2, 0.25) is 0 Å². The zero-order valence-electron chi connectivity index (χ0n) is 17.2. The van der Waals surface area contributed by atoms with E-state index in [1.165, 1.54) is 12.1 Å². The standard InChI is InChI=1S/C20H19N5O5S.2ClH/c1-31(28,29)18-10-14(19(27)24-20(21)22)4-7-17(18)30-15-5-2-13(3-6-15)16(26)11-25-9-8-23-12-25;;/h2-10,12H,11H2,1H3,(H4,21,22,24,27);2*1H. The maximum absolute atomic E-state index is 12.3. The molecule has 10 nitrogen and oxygen atoms in total. The van der Waals surface area contributed by atoms with Crippen LogP contribution in [0.4, 0.5) is 0 Å². The van der Waals surface area contributed by atoms with Gasteiger partial charge in [0.2, 0.25) is 0 Å². The van der Waals surface area contributed by atoms with Crippen LogP contribution in [0.25, 0.3) is 0 Å². The second kappa shape index (κ2) is 11.5. The number of guanidine groups is 1. The minimum atomic E-state index is -3.74. The summed E-state index contributed by atoms with van der Waals surface area (Å²) in [6.07, 6.45) is 5.80. The van der Waals surface area contributed by atoms with E-state index in [9.17, 15) is 18.0 Å². The summed E-state index contributed by atoms with van der Waals surface area (Å²) in [6.45, 7) is 0.143. The van der Waals surface area contributed by atoms with Crippen molar-refractivity contribution in [2.75, 3.05) is 6.26 Å². The van der Waals surface area contributed by atoms with Crippen LogP contribution in [0.3, 0.4) is 0 Å². The normalized spacial score (nSPS) is 10.3. The average molecular weight is 514 g/mol. The van der Waals surface area contributed by atoms with Crippen molar-refractivity contribution in [3.8, 4) is 11.5 Å². The number of ketones is 1. The molecule has 176 valence electrons. The average Bonchev–Trinajstić information content (AvgIpc) is 3.20. The Kier molecular flexibility index (Phi) is 9.59. The van der Waals surface area contributed by atoms with Crippen molar-refractivity contribution in [2.24, 2.45) is 16.5 Å². The van der Waals surface area contributed by atoms with Crippen molar-refractivity contribution in [3.63, 3.8) is 0 Å². The summed E-state index contributed by atoms with van der Waals surface area (Å²) in [5.74, 6) is -1.01. The van der Waals surface area contributed by atoms with Crippen molar-refractivity contribution < 1.29 is 22.7 Å². The number of nitrogens with two attached hydrogens (primary N) is 2. The number of sulfone groups is 1. The van der Waals surface area contributed by atoms with Gasteiger partial charge >= 0.3 is 0 Å². The van der Waals surface area contributed by atoms with Crippen LogP contribution in [0.5, 0.6) is 11.5 Å². The largest absolute Gasteiger partial charge is 0.456 e. The molecule has 2 aromatic carbocycles. The number of ether oxygens (including phenoxy) is 1. The molecule has 0 saturated carbocycles. The van der Waals surface area contributed by atoms with E-state index < -0.39 is 21.7 Å². The van der Waals surface area contributed by atoms with Gasteiger partial charge in [0.05, 0.1) is 12.9 Å². The van der Waals surface area contributed by atoms with Crippen LogP contribution in [-0.4, -0.2) is 41.9 Å². The highest BCUT2D eigenvalue weighted by Crippen LogP contribution is 2.30. The monoisotopic (exact) mass is 513 g/mol. The molecule has 3 rings (SSSR count). The predicted molar refractivity (Wildman–Crippen MR) is 127 cm³/mol. The van der Waals surface area contributed by atoms with Crippen molar-refractivity contribution in [1.82, 2.24) is 9.55 Å². The molecule has 0 radical (unpaired) electrons. The molecule has 33 heavy (non-hydrogen) atoms. The Balaban J connectivity index is 0.00000272. The number of carbonyl (C=O) groups is 2.